The largest absolute Gasteiger partial charge is 0.493 e. The topological polar surface area (TPSA) is 65.4 Å². The monoisotopic (exact) mass is 227 g/mol. The van der Waals surface area contributed by atoms with Gasteiger partial charge in [0, 0.05) is 0 Å². The summed E-state index contributed by atoms with van der Waals surface area (Å²) in [5, 5.41) is 7.10. The van der Waals surface area contributed by atoms with E-state index < -0.39 is 0 Å². The van der Waals surface area contributed by atoms with Crippen LogP contribution in [0.4, 0.5) is 0 Å². The number of aromatic nitrogens is 2. The molecule has 0 aliphatic carbocycles. The zero-order valence-electron chi connectivity index (χ0n) is 9.77. The Hall–Kier alpha value is -1.56. The third kappa shape index (κ3) is 3.23. The van der Waals surface area contributed by atoms with E-state index in [0.717, 1.165) is 0 Å². The normalized spacial score (nSPS) is 12.2. The van der Waals surface area contributed by atoms with E-state index in [1.165, 1.54) is 7.11 Å². The minimum Gasteiger partial charge on any atom is -0.493 e. The van der Waals surface area contributed by atoms with Gasteiger partial charge in [-0.05, 0) is 6.54 Å². The Morgan fingerprint density at radius 1 is 1.62 bits per heavy atom. The summed E-state index contributed by atoms with van der Waals surface area (Å²) in [5.41, 5.74) is 0. The lowest BCUT2D eigenvalue weighted by molar-refractivity contribution is -0.143. The van der Waals surface area contributed by atoms with Gasteiger partial charge in [-0.25, -0.2) is 0 Å². The lowest BCUT2D eigenvalue weighted by atomic mass is 10.3. The van der Waals surface area contributed by atoms with Gasteiger partial charge < -0.3 is 14.8 Å². The van der Waals surface area contributed by atoms with Crippen molar-refractivity contribution in [1.29, 1.82) is 0 Å². The Kier molecular flexibility index (Phi) is 4.78. The average Bonchev–Trinajstić information content (AvgIpc) is 2.75. The van der Waals surface area contributed by atoms with E-state index in [1.807, 2.05) is 6.92 Å². The molecule has 16 heavy (non-hydrogen) atoms. The van der Waals surface area contributed by atoms with Crippen LogP contribution in [-0.2, 0) is 16.1 Å². The van der Waals surface area contributed by atoms with Crippen molar-refractivity contribution in [3.63, 3.8) is 0 Å². The van der Waals surface area contributed by atoms with Crippen LogP contribution in [0.15, 0.2) is 12.4 Å². The second-order valence-corrected chi connectivity index (χ2v) is 3.24. The van der Waals surface area contributed by atoms with Gasteiger partial charge in [-0.15, -0.1) is 0 Å². The molecule has 0 spiro atoms. The second kappa shape index (κ2) is 6.12. The molecule has 1 rings (SSSR count). The van der Waals surface area contributed by atoms with Crippen molar-refractivity contribution in [3.05, 3.63) is 12.4 Å². The highest BCUT2D eigenvalue weighted by molar-refractivity contribution is 5.75. The number of ether oxygens (including phenoxy) is 2. The number of carbonyl (C=O) groups excluding carboxylic acids is 1. The number of carbonyl (C=O) groups is 1. The first-order valence-electron chi connectivity index (χ1n) is 5.09. The predicted octanol–water partition coefficient (Wildman–Crippen LogP) is 0.0428. The maximum Gasteiger partial charge on any atom is 0.324 e. The molecule has 1 heterocycles. The van der Waals surface area contributed by atoms with Gasteiger partial charge in [0.1, 0.15) is 6.04 Å². The van der Waals surface area contributed by atoms with Crippen LogP contribution in [0.2, 0.25) is 0 Å². The van der Waals surface area contributed by atoms with E-state index in [9.17, 15) is 4.79 Å². The molecular weight excluding hydrogens is 210 g/mol. The molecule has 0 bridgehead atoms. The number of nitrogens with zero attached hydrogens (tertiary/aromatic N) is 2. The minimum absolute atomic E-state index is 0.295. The van der Waals surface area contributed by atoms with Crippen LogP contribution in [-0.4, -0.2) is 42.6 Å². The molecule has 1 aromatic heterocycles. The van der Waals surface area contributed by atoms with Crippen molar-refractivity contribution in [3.8, 4) is 5.75 Å². The predicted molar refractivity (Wildman–Crippen MR) is 58.3 cm³/mol. The van der Waals surface area contributed by atoms with Crippen LogP contribution >= 0.6 is 0 Å². The smallest absolute Gasteiger partial charge is 0.324 e. The van der Waals surface area contributed by atoms with Gasteiger partial charge in [-0.2, -0.15) is 5.10 Å². The highest BCUT2D eigenvalue weighted by Gasteiger charge is 2.18. The van der Waals surface area contributed by atoms with Crippen molar-refractivity contribution in [2.45, 2.75) is 19.5 Å². The standard InChI is InChI=1S/C10H17N3O3/c1-4-11-9(10(14)16-3)7-13-6-8(15-2)5-12-13/h5-6,9,11H,4,7H2,1-3H3. The fourth-order valence-corrected chi connectivity index (χ4v) is 1.35. The number of esters is 1. The fourth-order valence-electron chi connectivity index (χ4n) is 1.35. The summed E-state index contributed by atoms with van der Waals surface area (Å²) in [4.78, 5) is 11.4. The van der Waals surface area contributed by atoms with Gasteiger partial charge in [0.15, 0.2) is 5.75 Å². The Balaban J connectivity index is 2.63. The lowest BCUT2D eigenvalue weighted by Gasteiger charge is -2.14. The molecule has 6 heteroatoms. The number of nitrogens with one attached hydrogen (secondary N) is 1. The molecule has 0 aromatic carbocycles. The van der Waals surface area contributed by atoms with E-state index >= 15 is 0 Å². The summed E-state index contributed by atoms with van der Waals surface area (Å²) in [6, 6.07) is -0.389. The molecular formula is C10H17N3O3. The summed E-state index contributed by atoms with van der Waals surface area (Å²) >= 11 is 0. The first-order chi connectivity index (χ1) is 7.71. The Morgan fingerprint density at radius 2 is 2.38 bits per heavy atom. The van der Waals surface area contributed by atoms with E-state index in [4.69, 9.17) is 9.47 Å². The molecule has 6 nitrogen and oxygen atoms in total. The zero-order chi connectivity index (χ0) is 12.0. The van der Waals surface area contributed by atoms with E-state index in [0.29, 0.717) is 18.8 Å². The Bertz CT molecular complexity index is 338. The first-order valence-corrected chi connectivity index (χ1v) is 5.09. The van der Waals surface area contributed by atoms with Crippen molar-refractivity contribution in [2.24, 2.45) is 0 Å². The fraction of sp³-hybridized carbons (Fsp3) is 0.600. The molecule has 90 valence electrons. The highest BCUT2D eigenvalue weighted by Crippen LogP contribution is 2.07. The quantitative estimate of drug-likeness (QED) is 0.695. The molecule has 1 aromatic rings. The van der Waals surface area contributed by atoms with Crippen molar-refractivity contribution in [2.75, 3.05) is 20.8 Å². The minimum atomic E-state index is -0.389. The van der Waals surface area contributed by atoms with E-state index in [2.05, 4.69) is 10.4 Å². The molecule has 0 aliphatic rings. The Labute approximate surface area is 94.5 Å². The van der Waals surface area contributed by atoms with Crippen molar-refractivity contribution >= 4 is 5.97 Å². The van der Waals surface area contributed by atoms with Gasteiger partial charge in [0.25, 0.3) is 0 Å². The summed E-state index contributed by atoms with van der Waals surface area (Å²) in [6.45, 7) is 3.04. The number of hydrogen-bond acceptors (Lipinski definition) is 5. The van der Waals surface area contributed by atoms with Crippen LogP contribution in [0.3, 0.4) is 0 Å². The number of hydrogen-bond donors (Lipinski definition) is 1. The Morgan fingerprint density at radius 3 is 2.88 bits per heavy atom. The van der Waals surface area contributed by atoms with E-state index in [1.54, 1.807) is 24.2 Å². The van der Waals surface area contributed by atoms with Gasteiger partial charge >= 0.3 is 5.97 Å². The summed E-state index contributed by atoms with van der Waals surface area (Å²) in [5.74, 6) is 0.372. The van der Waals surface area contributed by atoms with Gasteiger partial charge in [0.05, 0.1) is 33.2 Å². The summed E-state index contributed by atoms with van der Waals surface area (Å²) in [7, 11) is 2.94. The highest BCUT2D eigenvalue weighted by atomic mass is 16.5. The number of methoxy groups -OCH3 is 2. The molecule has 0 fully saturated rings. The van der Waals surface area contributed by atoms with Crippen LogP contribution in [0.25, 0.3) is 0 Å². The second-order valence-electron chi connectivity index (χ2n) is 3.24. The van der Waals surface area contributed by atoms with E-state index in [-0.39, 0.29) is 12.0 Å². The van der Waals surface area contributed by atoms with Gasteiger partial charge in [-0.1, -0.05) is 6.92 Å². The van der Waals surface area contributed by atoms with Gasteiger partial charge in [-0.3, -0.25) is 9.48 Å². The molecule has 0 aliphatic heterocycles. The summed E-state index contributed by atoms with van der Waals surface area (Å²) in [6.07, 6.45) is 3.33. The molecule has 0 radical (unpaired) electrons. The van der Waals surface area contributed by atoms with Crippen LogP contribution in [0.5, 0.6) is 5.75 Å². The maximum absolute atomic E-state index is 11.4. The van der Waals surface area contributed by atoms with Crippen LogP contribution < -0.4 is 10.1 Å². The lowest BCUT2D eigenvalue weighted by Crippen LogP contribution is -2.41. The third-order valence-corrected chi connectivity index (χ3v) is 2.15. The van der Waals surface area contributed by atoms with Crippen LogP contribution in [0, 0.1) is 0 Å². The molecule has 1 unspecified atom stereocenters. The SMILES string of the molecule is CCNC(Cn1cc(OC)cn1)C(=O)OC. The van der Waals surface area contributed by atoms with Crippen molar-refractivity contribution < 1.29 is 14.3 Å². The maximum atomic E-state index is 11.4. The van der Waals surface area contributed by atoms with Gasteiger partial charge in [0.2, 0.25) is 0 Å². The first kappa shape index (κ1) is 12.5. The van der Waals surface area contributed by atoms with Crippen molar-refractivity contribution in [1.82, 2.24) is 15.1 Å². The molecule has 1 N–H and O–H groups in total. The zero-order valence-corrected chi connectivity index (χ0v) is 9.77. The summed E-state index contributed by atoms with van der Waals surface area (Å²) < 4.78 is 11.3. The third-order valence-electron chi connectivity index (χ3n) is 2.15. The number of rotatable bonds is 6. The molecule has 0 amide bonds. The number of likely N-dealkylation sites (N-methyl/N-ethyl adjacent to an activating group) is 1. The van der Waals surface area contributed by atoms with Crippen LogP contribution in [0.1, 0.15) is 6.92 Å². The average molecular weight is 227 g/mol. The molecule has 1 atom stereocenters. The molecule has 0 saturated heterocycles. The molecule has 0 saturated carbocycles.